The van der Waals surface area contributed by atoms with Crippen molar-refractivity contribution < 1.29 is 9.59 Å². The molecule has 0 bridgehead atoms. The average molecular weight is 415 g/mol. The van der Waals surface area contributed by atoms with Gasteiger partial charge in [-0.15, -0.1) is 0 Å². The fourth-order valence-electron chi connectivity index (χ4n) is 3.18. The van der Waals surface area contributed by atoms with Gasteiger partial charge in [-0.05, 0) is 78.0 Å². The molecule has 0 saturated carbocycles. The second-order valence-electron chi connectivity index (χ2n) is 6.82. The number of hydrogen-bond donors (Lipinski definition) is 1. The third kappa shape index (κ3) is 4.15. The molecule has 0 spiro atoms. The van der Waals surface area contributed by atoms with E-state index < -0.39 is 0 Å². The van der Waals surface area contributed by atoms with Crippen molar-refractivity contribution in [3.63, 3.8) is 0 Å². The molecule has 0 unspecified atom stereocenters. The highest BCUT2D eigenvalue weighted by Crippen LogP contribution is 2.20. The Balaban J connectivity index is 1.57. The molecule has 0 aliphatic carbocycles. The van der Waals surface area contributed by atoms with Crippen LogP contribution in [-0.2, 0) is 0 Å². The average Bonchev–Trinajstić information content (AvgIpc) is 2.64. The summed E-state index contributed by atoms with van der Waals surface area (Å²) in [5, 5.41) is 3.11. The van der Waals surface area contributed by atoms with Gasteiger partial charge in [-0.25, -0.2) is 0 Å². The number of carbonyl (C=O) groups excluding carboxylic acids is 2. The van der Waals surface area contributed by atoms with Crippen LogP contribution in [0, 0.1) is 13.8 Å². The zero-order valence-corrected chi connectivity index (χ0v) is 16.7. The Labute approximate surface area is 162 Å². The molecule has 136 valence electrons. The molecule has 2 aromatic carbocycles. The number of piperidine rings is 1. The second-order valence-corrected chi connectivity index (χ2v) is 7.67. The fourth-order valence-corrected chi connectivity index (χ4v) is 3.64. The van der Waals surface area contributed by atoms with E-state index in [1.807, 2.05) is 61.2 Å². The Hall–Kier alpha value is -2.14. The summed E-state index contributed by atoms with van der Waals surface area (Å²) in [5.41, 5.74) is 3.68. The van der Waals surface area contributed by atoms with Crippen molar-refractivity contribution in [3.05, 3.63) is 69.2 Å². The Morgan fingerprint density at radius 2 is 1.73 bits per heavy atom. The Kier molecular flexibility index (Phi) is 5.77. The number of nitrogens with one attached hydrogen (secondary N) is 1. The van der Waals surface area contributed by atoms with Crippen LogP contribution in [0.5, 0.6) is 0 Å². The maximum atomic E-state index is 12.6. The summed E-state index contributed by atoms with van der Waals surface area (Å²) in [6.45, 7) is 5.35. The van der Waals surface area contributed by atoms with Gasteiger partial charge in [0.25, 0.3) is 11.8 Å². The molecule has 4 nitrogen and oxygen atoms in total. The number of rotatable bonds is 3. The minimum Gasteiger partial charge on any atom is -0.349 e. The van der Waals surface area contributed by atoms with Crippen molar-refractivity contribution in [2.24, 2.45) is 0 Å². The smallest absolute Gasteiger partial charge is 0.254 e. The third-order valence-electron chi connectivity index (χ3n) is 4.99. The number of benzene rings is 2. The van der Waals surface area contributed by atoms with Crippen LogP contribution >= 0.6 is 15.9 Å². The lowest BCUT2D eigenvalue weighted by atomic mass is 10.0. The van der Waals surface area contributed by atoms with Crippen LogP contribution in [0.15, 0.2) is 46.9 Å². The van der Waals surface area contributed by atoms with Crippen molar-refractivity contribution in [2.45, 2.75) is 32.7 Å². The highest BCUT2D eigenvalue weighted by Gasteiger charge is 2.25. The van der Waals surface area contributed by atoms with Crippen LogP contribution in [0.25, 0.3) is 0 Å². The normalized spacial score (nSPS) is 15.0. The number of amides is 2. The quantitative estimate of drug-likeness (QED) is 0.821. The molecule has 1 heterocycles. The van der Waals surface area contributed by atoms with Gasteiger partial charge in [0.05, 0.1) is 5.56 Å². The lowest BCUT2D eigenvalue weighted by Gasteiger charge is -2.32. The molecule has 1 saturated heterocycles. The summed E-state index contributed by atoms with van der Waals surface area (Å²) in [7, 11) is 0. The maximum Gasteiger partial charge on any atom is 0.254 e. The molecule has 1 aliphatic heterocycles. The Morgan fingerprint density at radius 3 is 2.38 bits per heavy atom. The highest BCUT2D eigenvalue weighted by molar-refractivity contribution is 9.10. The first kappa shape index (κ1) is 18.6. The van der Waals surface area contributed by atoms with Crippen molar-refractivity contribution in [1.29, 1.82) is 0 Å². The van der Waals surface area contributed by atoms with Crippen molar-refractivity contribution >= 4 is 27.7 Å². The SMILES string of the molecule is Cc1ccc(C(=O)NC2CCN(C(=O)c3ccccc3Br)CC2)cc1C. The molecule has 0 aromatic heterocycles. The molecule has 2 amide bonds. The number of hydrogen-bond acceptors (Lipinski definition) is 2. The molecule has 3 rings (SSSR count). The molecule has 0 atom stereocenters. The van der Waals surface area contributed by atoms with Crippen molar-refractivity contribution in [2.75, 3.05) is 13.1 Å². The molecule has 1 fully saturated rings. The molecule has 2 aromatic rings. The van der Waals surface area contributed by atoms with Gasteiger partial charge < -0.3 is 10.2 Å². The number of aryl methyl sites for hydroxylation is 2. The van der Waals surface area contributed by atoms with Crippen LogP contribution in [0.1, 0.15) is 44.7 Å². The van der Waals surface area contributed by atoms with Gasteiger partial charge in [0, 0.05) is 29.2 Å². The van der Waals surface area contributed by atoms with E-state index in [4.69, 9.17) is 0 Å². The number of nitrogens with zero attached hydrogens (tertiary/aromatic N) is 1. The van der Waals surface area contributed by atoms with Crippen molar-refractivity contribution in [3.8, 4) is 0 Å². The molecule has 1 aliphatic rings. The summed E-state index contributed by atoms with van der Waals surface area (Å²) in [6.07, 6.45) is 1.54. The fraction of sp³-hybridized carbons (Fsp3) is 0.333. The van der Waals surface area contributed by atoms with Gasteiger partial charge in [0.1, 0.15) is 0 Å². The van der Waals surface area contributed by atoms with E-state index in [1.165, 1.54) is 5.56 Å². The second kappa shape index (κ2) is 8.04. The summed E-state index contributed by atoms with van der Waals surface area (Å²) in [4.78, 5) is 27.0. The van der Waals surface area contributed by atoms with E-state index in [-0.39, 0.29) is 17.9 Å². The molecule has 0 radical (unpaired) electrons. The first-order valence-corrected chi connectivity index (χ1v) is 9.67. The number of carbonyl (C=O) groups is 2. The highest BCUT2D eigenvalue weighted by atomic mass is 79.9. The molecular formula is C21H23BrN2O2. The molecule has 1 N–H and O–H groups in total. The summed E-state index contributed by atoms with van der Waals surface area (Å²) in [6, 6.07) is 13.4. The first-order valence-electron chi connectivity index (χ1n) is 8.87. The van der Waals surface area contributed by atoms with Crippen LogP contribution in [0.4, 0.5) is 0 Å². The molecular weight excluding hydrogens is 392 g/mol. The predicted molar refractivity (Wildman–Crippen MR) is 106 cm³/mol. The lowest BCUT2D eigenvalue weighted by Crippen LogP contribution is -2.46. The zero-order chi connectivity index (χ0) is 18.7. The maximum absolute atomic E-state index is 12.6. The van der Waals surface area contributed by atoms with Crippen LogP contribution in [0.2, 0.25) is 0 Å². The minimum atomic E-state index is -0.0383. The van der Waals surface area contributed by atoms with E-state index in [0.717, 1.165) is 22.9 Å². The predicted octanol–water partition coefficient (Wildman–Crippen LogP) is 4.10. The topological polar surface area (TPSA) is 49.4 Å². The lowest BCUT2D eigenvalue weighted by molar-refractivity contribution is 0.0697. The zero-order valence-electron chi connectivity index (χ0n) is 15.1. The number of halogens is 1. The first-order chi connectivity index (χ1) is 12.5. The van der Waals surface area contributed by atoms with E-state index in [2.05, 4.69) is 21.2 Å². The van der Waals surface area contributed by atoms with E-state index >= 15 is 0 Å². The minimum absolute atomic E-state index is 0.0383. The Bertz CT molecular complexity index is 827. The van der Waals surface area contributed by atoms with Gasteiger partial charge in [0.15, 0.2) is 0 Å². The monoisotopic (exact) mass is 414 g/mol. The largest absolute Gasteiger partial charge is 0.349 e. The van der Waals surface area contributed by atoms with Crippen LogP contribution in [-0.4, -0.2) is 35.8 Å². The van der Waals surface area contributed by atoms with Crippen LogP contribution in [0.3, 0.4) is 0 Å². The van der Waals surface area contributed by atoms with Crippen molar-refractivity contribution in [1.82, 2.24) is 10.2 Å². The van der Waals surface area contributed by atoms with E-state index in [9.17, 15) is 9.59 Å². The molecule has 5 heteroatoms. The van der Waals surface area contributed by atoms with Gasteiger partial charge >= 0.3 is 0 Å². The summed E-state index contributed by atoms with van der Waals surface area (Å²) in [5.74, 6) is 0.0000845. The van der Waals surface area contributed by atoms with E-state index in [1.54, 1.807) is 0 Å². The van der Waals surface area contributed by atoms with E-state index in [0.29, 0.717) is 24.2 Å². The summed E-state index contributed by atoms with van der Waals surface area (Å²) >= 11 is 3.44. The number of likely N-dealkylation sites (tertiary alicyclic amines) is 1. The third-order valence-corrected chi connectivity index (χ3v) is 5.68. The summed E-state index contributed by atoms with van der Waals surface area (Å²) < 4.78 is 0.815. The van der Waals surface area contributed by atoms with Crippen LogP contribution < -0.4 is 5.32 Å². The van der Waals surface area contributed by atoms with Gasteiger partial charge in [0.2, 0.25) is 0 Å². The van der Waals surface area contributed by atoms with Gasteiger partial charge in [-0.2, -0.15) is 0 Å². The Morgan fingerprint density at radius 1 is 1.04 bits per heavy atom. The standard InChI is InChI=1S/C21H23BrN2O2/c1-14-7-8-16(13-15(14)2)20(25)23-17-9-11-24(12-10-17)21(26)18-5-3-4-6-19(18)22/h3-8,13,17H,9-12H2,1-2H3,(H,23,25). The molecule has 26 heavy (non-hydrogen) atoms. The van der Waals surface area contributed by atoms with Gasteiger partial charge in [-0.3, -0.25) is 9.59 Å². The van der Waals surface area contributed by atoms with Gasteiger partial charge in [-0.1, -0.05) is 18.2 Å².